The molecule has 0 unspecified atom stereocenters. The van der Waals surface area contributed by atoms with Crippen LogP contribution in [-0.4, -0.2) is 41.2 Å². The zero-order valence-electron chi connectivity index (χ0n) is 15.8. The Morgan fingerprint density at radius 1 is 1.04 bits per heavy atom. The predicted molar refractivity (Wildman–Crippen MR) is 105 cm³/mol. The minimum absolute atomic E-state index is 0.168. The smallest absolute Gasteiger partial charge is 0.257 e. The van der Waals surface area contributed by atoms with Crippen LogP contribution < -0.4 is 10.6 Å². The van der Waals surface area contributed by atoms with Crippen molar-refractivity contribution in [1.82, 2.24) is 9.88 Å². The number of hydrogen-bond donors (Lipinski definition) is 2. The van der Waals surface area contributed by atoms with Gasteiger partial charge in [-0.3, -0.25) is 19.4 Å². The van der Waals surface area contributed by atoms with Crippen LogP contribution in [0.4, 0.5) is 11.4 Å². The lowest BCUT2D eigenvalue weighted by atomic mass is 10.1. The van der Waals surface area contributed by atoms with E-state index in [2.05, 4.69) is 22.5 Å². The number of rotatable bonds is 7. The van der Waals surface area contributed by atoms with E-state index in [-0.39, 0.29) is 23.3 Å². The number of pyridine rings is 1. The summed E-state index contributed by atoms with van der Waals surface area (Å²) < 4.78 is 0. The summed E-state index contributed by atoms with van der Waals surface area (Å²) in [6.45, 7) is 4.13. The van der Waals surface area contributed by atoms with E-state index in [0.29, 0.717) is 23.5 Å². The van der Waals surface area contributed by atoms with E-state index in [9.17, 15) is 14.4 Å². The van der Waals surface area contributed by atoms with Gasteiger partial charge in [0.15, 0.2) is 0 Å². The van der Waals surface area contributed by atoms with Crippen LogP contribution in [0.5, 0.6) is 0 Å². The van der Waals surface area contributed by atoms with Gasteiger partial charge in [0.05, 0.1) is 11.1 Å². The Bertz CT molecular complexity index is 835. The van der Waals surface area contributed by atoms with Gasteiger partial charge in [-0.1, -0.05) is 19.4 Å². The molecule has 0 saturated carbocycles. The third-order valence-electron chi connectivity index (χ3n) is 3.88. The average Bonchev–Trinajstić information content (AvgIpc) is 2.65. The second-order valence-corrected chi connectivity index (χ2v) is 6.26. The Balaban J connectivity index is 2.11. The van der Waals surface area contributed by atoms with Crippen molar-refractivity contribution in [2.45, 2.75) is 26.7 Å². The molecular weight excluding hydrogens is 344 g/mol. The predicted octanol–water partition coefficient (Wildman–Crippen LogP) is 3.16. The normalized spacial score (nSPS) is 10.2. The molecular formula is C20H24N4O3. The highest BCUT2D eigenvalue weighted by molar-refractivity contribution is 6.06. The van der Waals surface area contributed by atoms with Crippen LogP contribution in [0.1, 0.15) is 47.4 Å². The van der Waals surface area contributed by atoms with Gasteiger partial charge in [-0.15, -0.1) is 0 Å². The summed E-state index contributed by atoms with van der Waals surface area (Å²) >= 11 is 0. The highest BCUT2D eigenvalue weighted by Gasteiger charge is 2.15. The maximum atomic E-state index is 12.5. The molecule has 0 aliphatic rings. The first kappa shape index (κ1) is 20.1. The van der Waals surface area contributed by atoms with E-state index < -0.39 is 0 Å². The molecule has 1 aromatic carbocycles. The number of unbranched alkanes of at least 4 members (excludes halogenated alkanes) is 1. The van der Waals surface area contributed by atoms with Gasteiger partial charge < -0.3 is 15.5 Å². The van der Waals surface area contributed by atoms with Crippen LogP contribution >= 0.6 is 0 Å². The van der Waals surface area contributed by atoms with Crippen LogP contribution in [0.2, 0.25) is 0 Å². The molecule has 0 aliphatic carbocycles. The van der Waals surface area contributed by atoms with Gasteiger partial charge in [0.2, 0.25) is 5.91 Å². The molecule has 1 aromatic heterocycles. The molecule has 1 heterocycles. The highest BCUT2D eigenvalue weighted by Crippen LogP contribution is 2.16. The molecule has 7 heteroatoms. The second kappa shape index (κ2) is 9.47. The molecule has 27 heavy (non-hydrogen) atoms. The Morgan fingerprint density at radius 3 is 2.37 bits per heavy atom. The molecule has 142 valence electrons. The number of carbonyl (C=O) groups excluding carboxylic acids is 3. The van der Waals surface area contributed by atoms with E-state index in [1.165, 1.54) is 25.4 Å². The fourth-order valence-electron chi connectivity index (χ4n) is 2.48. The Labute approximate surface area is 158 Å². The Morgan fingerprint density at radius 2 is 1.70 bits per heavy atom. The SMILES string of the molecule is CCCCN(C)C(=O)c1cncc(C(=O)Nc2cccc(NC(C)=O)c2)c1. The van der Waals surface area contributed by atoms with Crippen molar-refractivity contribution < 1.29 is 14.4 Å². The number of amides is 3. The van der Waals surface area contributed by atoms with E-state index in [4.69, 9.17) is 0 Å². The summed E-state index contributed by atoms with van der Waals surface area (Å²) in [6.07, 6.45) is 4.78. The molecule has 0 saturated heterocycles. The van der Waals surface area contributed by atoms with Gasteiger partial charge in [0.1, 0.15) is 0 Å². The molecule has 2 rings (SSSR count). The van der Waals surface area contributed by atoms with Crippen molar-refractivity contribution in [3.63, 3.8) is 0 Å². The maximum Gasteiger partial charge on any atom is 0.257 e. The fourth-order valence-corrected chi connectivity index (χ4v) is 2.48. The van der Waals surface area contributed by atoms with Crippen LogP contribution in [0.25, 0.3) is 0 Å². The number of benzene rings is 1. The van der Waals surface area contributed by atoms with Crippen LogP contribution in [0.3, 0.4) is 0 Å². The third-order valence-corrected chi connectivity index (χ3v) is 3.88. The summed E-state index contributed by atoms with van der Waals surface area (Å²) in [5.41, 5.74) is 1.77. The van der Waals surface area contributed by atoms with Gasteiger partial charge in [-0.05, 0) is 30.7 Å². The Hall–Kier alpha value is -3.22. The largest absolute Gasteiger partial charge is 0.342 e. The van der Waals surface area contributed by atoms with Gasteiger partial charge in [0, 0.05) is 44.3 Å². The van der Waals surface area contributed by atoms with Gasteiger partial charge in [0.25, 0.3) is 11.8 Å². The molecule has 2 N–H and O–H groups in total. The molecule has 3 amide bonds. The second-order valence-electron chi connectivity index (χ2n) is 6.26. The number of nitrogens with one attached hydrogen (secondary N) is 2. The summed E-state index contributed by atoms with van der Waals surface area (Å²) in [5, 5.41) is 5.41. The zero-order valence-corrected chi connectivity index (χ0v) is 15.8. The number of nitrogens with zero attached hydrogens (tertiary/aromatic N) is 2. The monoisotopic (exact) mass is 368 g/mol. The van der Waals surface area contributed by atoms with Crippen molar-refractivity contribution in [3.05, 3.63) is 53.9 Å². The quantitative estimate of drug-likeness (QED) is 0.785. The number of aromatic nitrogens is 1. The minimum Gasteiger partial charge on any atom is -0.342 e. The number of anilines is 2. The van der Waals surface area contributed by atoms with E-state index in [0.717, 1.165) is 12.8 Å². The van der Waals surface area contributed by atoms with Crippen molar-refractivity contribution in [2.75, 3.05) is 24.2 Å². The minimum atomic E-state index is -0.381. The molecule has 0 radical (unpaired) electrons. The van der Waals surface area contributed by atoms with Crippen molar-refractivity contribution in [2.24, 2.45) is 0 Å². The van der Waals surface area contributed by atoms with Gasteiger partial charge >= 0.3 is 0 Å². The lowest BCUT2D eigenvalue weighted by molar-refractivity contribution is -0.114. The van der Waals surface area contributed by atoms with Crippen molar-refractivity contribution in [1.29, 1.82) is 0 Å². The fraction of sp³-hybridized carbons (Fsp3) is 0.300. The van der Waals surface area contributed by atoms with Crippen LogP contribution in [0.15, 0.2) is 42.7 Å². The molecule has 2 aromatic rings. The zero-order chi connectivity index (χ0) is 19.8. The lowest BCUT2D eigenvalue weighted by Gasteiger charge is -2.16. The topological polar surface area (TPSA) is 91.4 Å². The van der Waals surface area contributed by atoms with Crippen molar-refractivity contribution >= 4 is 29.1 Å². The first-order chi connectivity index (χ1) is 12.9. The molecule has 0 spiro atoms. The van der Waals surface area contributed by atoms with Gasteiger partial charge in [-0.2, -0.15) is 0 Å². The summed E-state index contributed by atoms with van der Waals surface area (Å²) in [4.78, 5) is 41.7. The first-order valence-corrected chi connectivity index (χ1v) is 8.80. The number of hydrogen-bond acceptors (Lipinski definition) is 4. The van der Waals surface area contributed by atoms with Crippen molar-refractivity contribution in [3.8, 4) is 0 Å². The molecule has 0 bridgehead atoms. The molecule has 0 aliphatic heterocycles. The standard InChI is InChI=1S/C20H24N4O3/c1-4-5-9-24(3)20(27)16-10-15(12-21-13-16)19(26)23-18-8-6-7-17(11-18)22-14(2)25/h6-8,10-13H,4-5,9H2,1-3H3,(H,22,25)(H,23,26). The lowest BCUT2D eigenvalue weighted by Crippen LogP contribution is -2.28. The van der Waals surface area contributed by atoms with Crippen LogP contribution in [-0.2, 0) is 4.79 Å². The summed E-state index contributed by atoms with van der Waals surface area (Å²) in [7, 11) is 1.73. The highest BCUT2D eigenvalue weighted by atomic mass is 16.2. The van der Waals surface area contributed by atoms with E-state index in [1.54, 1.807) is 36.2 Å². The molecule has 0 fully saturated rings. The van der Waals surface area contributed by atoms with E-state index >= 15 is 0 Å². The summed E-state index contributed by atoms with van der Waals surface area (Å²) in [6, 6.07) is 8.35. The number of carbonyl (C=O) groups is 3. The molecule has 7 nitrogen and oxygen atoms in total. The third kappa shape index (κ3) is 5.91. The molecule has 0 atom stereocenters. The van der Waals surface area contributed by atoms with E-state index in [1.807, 2.05) is 0 Å². The van der Waals surface area contributed by atoms with Crippen LogP contribution in [0, 0.1) is 0 Å². The maximum absolute atomic E-state index is 12.5. The van der Waals surface area contributed by atoms with Gasteiger partial charge in [-0.25, -0.2) is 0 Å². The first-order valence-electron chi connectivity index (χ1n) is 8.80. The average molecular weight is 368 g/mol. The summed E-state index contributed by atoms with van der Waals surface area (Å²) in [5.74, 6) is -0.743. The Kier molecular flexibility index (Phi) is 7.05.